The summed E-state index contributed by atoms with van der Waals surface area (Å²) >= 11 is 7.22. The molecule has 2 heterocycles. The number of thioether (sulfide) groups is 1. The summed E-state index contributed by atoms with van der Waals surface area (Å²) in [6, 6.07) is 16.7. The van der Waals surface area contributed by atoms with Crippen LogP contribution < -0.4 is 5.32 Å². The van der Waals surface area contributed by atoms with Crippen LogP contribution in [0.3, 0.4) is 0 Å². The van der Waals surface area contributed by atoms with Crippen molar-refractivity contribution in [2.24, 2.45) is 0 Å². The third-order valence-electron chi connectivity index (χ3n) is 4.16. The van der Waals surface area contributed by atoms with E-state index in [4.69, 9.17) is 16.0 Å². The van der Waals surface area contributed by atoms with Gasteiger partial charge in [-0.3, -0.25) is 14.7 Å². The Morgan fingerprint density at radius 3 is 2.58 bits per heavy atom. The van der Waals surface area contributed by atoms with E-state index >= 15 is 0 Å². The molecule has 2 aromatic heterocycles. The Morgan fingerprint density at radius 2 is 1.84 bits per heavy atom. The van der Waals surface area contributed by atoms with Gasteiger partial charge < -0.3 is 4.42 Å². The van der Waals surface area contributed by atoms with Crippen LogP contribution in [0.4, 0.5) is 6.01 Å². The fourth-order valence-corrected chi connectivity index (χ4v) is 3.63. The van der Waals surface area contributed by atoms with E-state index in [0.29, 0.717) is 28.4 Å². The van der Waals surface area contributed by atoms with Crippen LogP contribution in [-0.4, -0.2) is 36.6 Å². The first kappa shape index (κ1) is 20.8. The number of rotatable bonds is 8. The van der Waals surface area contributed by atoms with E-state index in [1.165, 1.54) is 11.8 Å². The molecule has 0 radical (unpaired) electrons. The topological polar surface area (TPSA) is 98.7 Å². The standard InChI is InChI=1S/C21H17ClN6O2S/c1-2-12-28-18(14-8-10-16(22)11-9-14)24-27-21(28)31-13-17(29)23-20-26-25-19(30-20)15-6-4-3-5-7-15/h2-11H,1,12-13H2,(H,23,26,29). The molecule has 0 aliphatic heterocycles. The Balaban J connectivity index is 1.42. The molecule has 156 valence electrons. The summed E-state index contributed by atoms with van der Waals surface area (Å²) in [6.45, 7) is 4.29. The van der Waals surface area contributed by atoms with Gasteiger partial charge in [0.2, 0.25) is 11.8 Å². The maximum absolute atomic E-state index is 12.4. The molecule has 0 aliphatic rings. The number of amides is 1. The molecule has 0 fully saturated rings. The fourth-order valence-electron chi connectivity index (χ4n) is 2.76. The van der Waals surface area contributed by atoms with Crippen LogP contribution in [0.25, 0.3) is 22.8 Å². The van der Waals surface area contributed by atoms with Gasteiger partial charge in [0.05, 0.1) is 5.75 Å². The molecule has 0 saturated carbocycles. The third kappa shape index (κ3) is 5.01. The second kappa shape index (κ2) is 9.59. The van der Waals surface area contributed by atoms with Crippen molar-refractivity contribution >= 4 is 35.3 Å². The highest BCUT2D eigenvalue weighted by molar-refractivity contribution is 7.99. The van der Waals surface area contributed by atoms with Crippen LogP contribution >= 0.6 is 23.4 Å². The lowest BCUT2D eigenvalue weighted by Gasteiger charge is -2.07. The van der Waals surface area contributed by atoms with E-state index in [2.05, 4.69) is 32.3 Å². The zero-order valence-electron chi connectivity index (χ0n) is 16.2. The highest BCUT2D eigenvalue weighted by atomic mass is 35.5. The molecule has 10 heteroatoms. The van der Waals surface area contributed by atoms with Crippen LogP contribution in [0.2, 0.25) is 5.02 Å². The van der Waals surface area contributed by atoms with Gasteiger partial charge in [-0.2, -0.15) is 0 Å². The Labute approximate surface area is 187 Å². The van der Waals surface area contributed by atoms with Gasteiger partial charge >= 0.3 is 6.01 Å². The first-order valence-corrected chi connectivity index (χ1v) is 10.6. The van der Waals surface area contributed by atoms with E-state index in [0.717, 1.165) is 11.1 Å². The van der Waals surface area contributed by atoms with Gasteiger partial charge in [-0.1, -0.05) is 52.7 Å². The van der Waals surface area contributed by atoms with E-state index in [-0.39, 0.29) is 17.7 Å². The van der Waals surface area contributed by atoms with Crippen molar-refractivity contribution in [3.8, 4) is 22.8 Å². The van der Waals surface area contributed by atoms with Crippen molar-refractivity contribution in [2.45, 2.75) is 11.7 Å². The smallest absolute Gasteiger partial charge is 0.322 e. The lowest BCUT2D eigenvalue weighted by Crippen LogP contribution is -2.15. The molecule has 0 aliphatic carbocycles. The number of hydrogen-bond donors (Lipinski definition) is 1. The van der Waals surface area contributed by atoms with Crippen LogP contribution in [0.1, 0.15) is 0 Å². The summed E-state index contributed by atoms with van der Waals surface area (Å²) < 4.78 is 7.39. The zero-order chi connectivity index (χ0) is 21.6. The van der Waals surface area contributed by atoms with E-state index in [1.54, 1.807) is 18.2 Å². The number of hydrogen-bond acceptors (Lipinski definition) is 7. The van der Waals surface area contributed by atoms with Crippen molar-refractivity contribution in [3.63, 3.8) is 0 Å². The maximum Gasteiger partial charge on any atom is 0.322 e. The number of allylic oxidation sites excluding steroid dienone is 1. The fraction of sp³-hybridized carbons (Fsp3) is 0.0952. The van der Waals surface area contributed by atoms with Crippen LogP contribution in [0.5, 0.6) is 0 Å². The maximum atomic E-state index is 12.4. The second-order valence-corrected chi connectivity index (χ2v) is 7.71. The number of nitrogens with one attached hydrogen (secondary N) is 1. The van der Waals surface area contributed by atoms with Gasteiger partial charge in [0.15, 0.2) is 11.0 Å². The molecule has 1 amide bonds. The predicted octanol–water partition coefficient (Wildman–Crippen LogP) is 4.57. The Morgan fingerprint density at radius 1 is 1.06 bits per heavy atom. The summed E-state index contributed by atoms with van der Waals surface area (Å²) in [5.74, 6) is 0.805. The quantitative estimate of drug-likeness (QED) is 0.309. The minimum atomic E-state index is -0.297. The van der Waals surface area contributed by atoms with Gasteiger partial charge in [0.1, 0.15) is 0 Å². The molecule has 0 atom stereocenters. The lowest BCUT2D eigenvalue weighted by atomic mass is 10.2. The van der Waals surface area contributed by atoms with Crippen molar-refractivity contribution in [1.82, 2.24) is 25.0 Å². The number of benzene rings is 2. The molecular formula is C21H17ClN6O2S. The van der Waals surface area contributed by atoms with Gasteiger partial charge in [0.25, 0.3) is 0 Å². The molecule has 0 spiro atoms. The normalized spacial score (nSPS) is 10.7. The molecule has 2 aromatic carbocycles. The summed E-state index contributed by atoms with van der Waals surface area (Å²) in [4.78, 5) is 12.4. The lowest BCUT2D eigenvalue weighted by molar-refractivity contribution is -0.113. The number of anilines is 1. The van der Waals surface area contributed by atoms with E-state index in [9.17, 15) is 4.79 Å². The first-order valence-electron chi connectivity index (χ1n) is 9.25. The van der Waals surface area contributed by atoms with Gasteiger partial charge in [-0.15, -0.1) is 21.9 Å². The third-order valence-corrected chi connectivity index (χ3v) is 5.37. The largest absolute Gasteiger partial charge is 0.403 e. The molecule has 8 nitrogen and oxygen atoms in total. The first-order chi connectivity index (χ1) is 15.1. The van der Waals surface area contributed by atoms with Crippen molar-refractivity contribution < 1.29 is 9.21 Å². The summed E-state index contributed by atoms with van der Waals surface area (Å²) in [6.07, 6.45) is 1.75. The van der Waals surface area contributed by atoms with Crippen molar-refractivity contribution in [2.75, 3.05) is 11.1 Å². The van der Waals surface area contributed by atoms with Gasteiger partial charge in [-0.05, 0) is 36.4 Å². The van der Waals surface area contributed by atoms with Gasteiger partial charge in [0, 0.05) is 22.7 Å². The molecule has 0 saturated heterocycles. The molecule has 0 bridgehead atoms. The number of halogens is 1. The van der Waals surface area contributed by atoms with Crippen molar-refractivity contribution in [1.29, 1.82) is 0 Å². The van der Waals surface area contributed by atoms with Gasteiger partial charge in [-0.25, -0.2) is 0 Å². The van der Waals surface area contributed by atoms with Crippen LogP contribution in [0.15, 0.2) is 76.8 Å². The Kier molecular flexibility index (Phi) is 6.44. The Bertz CT molecular complexity index is 1190. The number of carbonyl (C=O) groups excluding carboxylic acids is 1. The minimum Gasteiger partial charge on any atom is -0.403 e. The average molecular weight is 453 g/mol. The minimum absolute atomic E-state index is 0.0406. The van der Waals surface area contributed by atoms with Crippen molar-refractivity contribution in [3.05, 3.63) is 72.3 Å². The molecule has 4 rings (SSSR count). The molecule has 31 heavy (non-hydrogen) atoms. The number of aromatic nitrogens is 5. The second-order valence-electron chi connectivity index (χ2n) is 6.33. The molecule has 0 unspecified atom stereocenters. The Hall–Kier alpha value is -3.43. The zero-order valence-corrected chi connectivity index (χ0v) is 17.8. The predicted molar refractivity (Wildman–Crippen MR) is 120 cm³/mol. The molecule has 4 aromatic rings. The van der Waals surface area contributed by atoms with E-state index < -0.39 is 0 Å². The van der Waals surface area contributed by atoms with E-state index in [1.807, 2.05) is 47.0 Å². The SMILES string of the molecule is C=CCn1c(SCC(=O)Nc2nnc(-c3ccccc3)o2)nnc1-c1ccc(Cl)cc1. The molecule has 1 N–H and O–H groups in total. The monoisotopic (exact) mass is 452 g/mol. The highest BCUT2D eigenvalue weighted by Crippen LogP contribution is 2.25. The average Bonchev–Trinajstić information content (AvgIpc) is 3.41. The highest BCUT2D eigenvalue weighted by Gasteiger charge is 2.16. The van der Waals surface area contributed by atoms with Crippen LogP contribution in [0, 0.1) is 0 Å². The number of carbonyl (C=O) groups is 1. The molecular weight excluding hydrogens is 436 g/mol. The van der Waals surface area contributed by atoms with Crippen LogP contribution in [-0.2, 0) is 11.3 Å². The summed E-state index contributed by atoms with van der Waals surface area (Å²) in [7, 11) is 0. The summed E-state index contributed by atoms with van der Waals surface area (Å²) in [5, 5.41) is 20.1. The summed E-state index contributed by atoms with van der Waals surface area (Å²) in [5.41, 5.74) is 1.64. The number of nitrogens with zero attached hydrogens (tertiary/aromatic N) is 5.